The average molecular weight is 226 g/mol. The van der Waals surface area contributed by atoms with Crippen molar-refractivity contribution in [2.24, 2.45) is 5.92 Å². The predicted molar refractivity (Wildman–Crippen MR) is 64.8 cm³/mol. The van der Waals surface area contributed by atoms with E-state index in [2.05, 4.69) is 6.92 Å². The molecule has 1 aliphatic rings. The maximum atomic E-state index is 9.15. The topological polar surface area (TPSA) is 20.2 Å². The van der Waals surface area contributed by atoms with E-state index in [-0.39, 0.29) is 0 Å². The van der Waals surface area contributed by atoms with E-state index in [1.165, 1.54) is 11.3 Å². The van der Waals surface area contributed by atoms with Crippen LogP contribution in [0.25, 0.3) is 0 Å². The Labute approximate surface area is 92.7 Å². The summed E-state index contributed by atoms with van der Waals surface area (Å²) in [6.45, 7) is 2.31. The van der Waals surface area contributed by atoms with Gasteiger partial charge in [0.25, 0.3) is 0 Å². The van der Waals surface area contributed by atoms with Crippen LogP contribution in [-0.2, 0) is 6.42 Å². The highest BCUT2D eigenvalue weighted by atomic mass is 33.1. The molecule has 1 aromatic carbocycles. The second-order valence-corrected chi connectivity index (χ2v) is 6.42. The Bertz CT molecular complexity index is 293. The summed E-state index contributed by atoms with van der Waals surface area (Å²) in [7, 11) is 3.97. The fourth-order valence-electron chi connectivity index (χ4n) is 1.54. The minimum absolute atomic E-state index is 0.356. The lowest BCUT2D eigenvalue weighted by Crippen LogP contribution is -2.23. The van der Waals surface area contributed by atoms with Crippen molar-refractivity contribution in [1.29, 1.82) is 0 Å². The van der Waals surface area contributed by atoms with Gasteiger partial charge in [0.2, 0.25) is 0 Å². The molecule has 2 rings (SSSR count). The summed E-state index contributed by atoms with van der Waals surface area (Å²) in [4.78, 5) is 0. The minimum Gasteiger partial charge on any atom is -0.508 e. The van der Waals surface area contributed by atoms with E-state index < -0.39 is 0 Å². The molecule has 2 unspecified atom stereocenters. The summed E-state index contributed by atoms with van der Waals surface area (Å²) < 4.78 is 0. The van der Waals surface area contributed by atoms with Crippen LogP contribution in [0.4, 0.5) is 0 Å². The van der Waals surface area contributed by atoms with Gasteiger partial charge in [0, 0.05) is 11.0 Å². The molecule has 1 fully saturated rings. The number of phenolic OH excluding ortho intramolecular Hbond substituents is 1. The Kier molecular flexibility index (Phi) is 3.29. The third-order valence-electron chi connectivity index (χ3n) is 2.55. The zero-order valence-electron chi connectivity index (χ0n) is 8.14. The van der Waals surface area contributed by atoms with E-state index in [1.807, 2.05) is 33.7 Å². The average Bonchev–Trinajstić information content (AvgIpc) is 2.06. The molecule has 1 heterocycles. The number of rotatable bonds is 3. The van der Waals surface area contributed by atoms with Crippen molar-refractivity contribution in [1.82, 2.24) is 0 Å². The standard InChI is InChI=1S/C11H14OS2/c1-8(11-7-13-14-11)6-9-2-4-10(12)5-3-9/h2-5,8,11-12H,6-7H2,1H3. The van der Waals surface area contributed by atoms with Gasteiger partial charge in [-0.2, -0.15) is 0 Å². The van der Waals surface area contributed by atoms with Crippen molar-refractivity contribution in [2.45, 2.75) is 18.6 Å². The maximum absolute atomic E-state index is 9.15. The molecule has 0 aromatic heterocycles. The Hall–Kier alpha value is -0.280. The molecule has 0 saturated carbocycles. The lowest BCUT2D eigenvalue weighted by molar-refractivity contribution is 0.474. The smallest absolute Gasteiger partial charge is 0.115 e. The second-order valence-electron chi connectivity index (χ2n) is 3.77. The molecule has 0 spiro atoms. The molecule has 1 aromatic rings. The largest absolute Gasteiger partial charge is 0.508 e. The van der Waals surface area contributed by atoms with E-state index in [0.717, 1.165) is 17.6 Å². The minimum atomic E-state index is 0.356. The van der Waals surface area contributed by atoms with Gasteiger partial charge >= 0.3 is 0 Å². The van der Waals surface area contributed by atoms with Crippen molar-refractivity contribution >= 4 is 21.6 Å². The first-order valence-electron chi connectivity index (χ1n) is 4.82. The molecule has 0 radical (unpaired) electrons. The number of benzene rings is 1. The van der Waals surface area contributed by atoms with E-state index in [4.69, 9.17) is 5.11 Å². The van der Waals surface area contributed by atoms with Crippen LogP contribution < -0.4 is 0 Å². The van der Waals surface area contributed by atoms with Crippen molar-refractivity contribution in [3.8, 4) is 5.75 Å². The van der Waals surface area contributed by atoms with E-state index in [1.54, 1.807) is 12.1 Å². The van der Waals surface area contributed by atoms with Crippen LogP contribution in [0, 0.1) is 5.92 Å². The zero-order valence-corrected chi connectivity index (χ0v) is 9.78. The first-order chi connectivity index (χ1) is 6.75. The summed E-state index contributed by atoms with van der Waals surface area (Å²) in [5.74, 6) is 2.39. The lowest BCUT2D eigenvalue weighted by Gasteiger charge is -2.29. The van der Waals surface area contributed by atoms with Crippen molar-refractivity contribution in [2.75, 3.05) is 5.75 Å². The van der Waals surface area contributed by atoms with Gasteiger partial charge in [0.15, 0.2) is 0 Å². The molecule has 1 saturated heterocycles. The SMILES string of the molecule is CC(Cc1ccc(O)cc1)C1CSS1. The summed E-state index contributed by atoms with van der Waals surface area (Å²) in [6.07, 6.45) is 1.12. The summed E-state index contributed by atoms with van der Waals surface area (Å²) >= 11 is 0. The first kappa shape index (κ1) is 10.2. The zero-order chi connectivity index (χ0) is 9.97. The molecule has 0 bridgehead atoms. The molecular formula is C11H14OS2. The van der Waals surface area contributed by atoms with Gasteiger partial charge in [-0.3, -0.25) is 0 Å². The fourth-order valence-corrected chi connectivity index (χ4v) is 3.90. The van der Waals surface area contributed by atoms with E-state index in [0.29, 0.717) is 5.75 Å². The van der Waals surface area contributed by atoms with Crippen molar-refractivity contribution in [3.63, 3.8) is 0 Å². The first-order valence-corrected chi connectivity index (χ1v) is 7.20. The van der Waals surface area contributed by atoms with Gasteiger partial charge in [0.05, 0.1) is 0 Å². The Morgan fingerprint density at radius 2 is 2.07 bits per heavy atom. The quantitative estimate of drug-likeness (QED) is 0.798. The predicted octanol–water partition coefficient (Wildman–Crippen LogP) is 3.33. The van der Waals surface area contributed by atoms with Crippen LogP contribution in [0.2, 0.25) is 0 Å². The molecule has 0 aliphatic carbocycles. The highest BCUT2D eigenvalue weighted by Crippen LogP contribution is 2.44. The Morgan fingerprint density at radius 3 is 2.57 bits per heavy atom. The molecule has 3 heteroatoms. The van der Waals surface area contributed by atoms with Crippen LogP contribution in [0.3, 0.4) is 0 Å². The molecular weight excluding hydrogens is 212 g/mol. The van der Waals surface area contributed by atoms with Gasteiger partial charge in [-0.05, 0) is 30.0 Å². The van der Waals surface area contributed by atoms with E-state index in [9.17, 15) is 0 Å². The molecule has 1 N–H and O–H groups in total. The lowest BCUT2D eigenvalue weighted by atomic mass is 9.98. The third-order valence-corrected chi connectivity index (χ3v) is 5.83. The number of hydrogen-bond donors (Lipinski definition) is 1. The summed E-state index contributed by atoms with van der Waals surface area (Å²) in [5, 5.41) is 9.98. The molecule has 0 amide bonds. The number of aromatic hydroxyl groups is 1. The van der Waals surface area contributed by atoms with E-state index >= 15 is 0 Å². The molecule has 76 valence electrons. The van der Waals surface area contributed by atoms with Gasteiger partial charge in [-0.1, -0.05) is 40.6 Å². The number of phenols is 1. The van der Waals surface area contributed by atoms with Crippen LogP contribution in [0.15, 0.2) is 24.3 Å². The van der Waals surface area contributed by atoms with Gasteiger partial charge < -0.3 is 5.11 Å². The summed E-state index contributed by atoms with van der Waals surface area (Å²) in [6, 6.07) is 7.57. The highest BCUT2D eigenvalue weighted by Gasteiger charge is 2.25. The van der Waals surface area contributed by atoms with Gasteiger partial charge in [-0.15, -0.1) is 0 Å². The van der Waals surface area contributed by atoms with Crippen LogP contribution in [-0.4, -0.2) is 16.1 Å². The Balaban J connectivity index is 1.92. The van der Waals surface area contributed by atoms with Gasteiger partial charge in [-0.25, -0.2) is 0 Å². The number of hydrogen-bond acceptors (Lipinski definition) is 3. The monoisotopic (exact) mass is 226 g/mol. The van der Waals surface area contributed by atoms with Crippen molar-refractivity contribution < 1.29 is 5.11 Å². The van der Waals surface area contributed by atoms with Crippen molar-refractivity contribution in [3.05, 3.63) is 29.8 Å². The normalized spacial score (nSPS) is 22.8. The third kappa shape index (κ3) is 2.39. The molecule has 1 nitrogen and oxygen atoms in total. The second kappa shape index (κ2) is 4.49. The summed E-state index contributed by atoms with van der Waals surface area (Å²) in [5.41, 5.74) is 1.33. The molecule has 2 atom stereocenters. The molecule has 1 aliphatic heterocycles. The highest BCUT2D eigenvalue weighted by molar-refractivity contribution is 8.79. The van der Waals surface area contributed by atoms with Crippen LogP contribution >= 0.6 is 21.6 Å². The fraction of sp³-hybridized carbons (Fsp3) is 0.455. The molecule has 14 heavy (non-hydrogen) atoms. The Morgan fingerprint density at radius 1 is 1.43 bits per heavy atom. The van der Waals surface area contributed by atoms with Crippen LogP contribution in [0.5, 0.6) is 5.75 Å². The van der Waals surface area contributed by atoms with Gasteiger partial charge in [0.1, 0.15) is 5.75 Å². The van der Waals surface area contributed by atoms with Crippen LogP contribution in [0.1, 0.15) is 12.5 Å². The maximum Gasteiger partial charge on any atom is 0.115 e.